The lowest BCUT2D eigenvalue weighted by atomic mass is 10.1. The second-order valence-electron chi connectivity index (χ2n) is 6.87. The first-order valence-electron chi connectivity index (χ1n) is 8.99. The van der Waals surface area contributed by atoms with Crippen LogP contribution in [0.4, 0.5) is 0 Å². The third kappa shape index (κ3) is 3.62. The molecule has 7 nitrogen and oxygen atoms in total. The monoisotopic (exact) mass is 383 g/mol. The highest BCUT2D eigenvalue weighted by Gasteiger charge is 2.30. The SMILES string of the molecule is Cc1[nH]c2ccccc2c1C(=O)CSc1nnc(C2CC2)n1CCC(N)=O. The summed E-state index contributed by atoms with van der Waals surface area (Å²) in [6, 6.07) is 7.80. The van der Waals surface area contributed by atoms with Crippen LogP contribution in [0, 0.1) is 6.92 Å². The Morgan fingerprint density at radius 1 is 1.30 bits per heavy atom. The van der Waals surface area contributed by atoms with Crippen molar-refractivity contribution in [2.45, 2.75) is 43.8 Å². The Morgan fingerprint density at radius 3 is 2.81 bits per heavy atom. The summed E-state index contributed by atoms with van der Waals surface area (Å²) in [5.41, 5.74) is 7.86. The van der Waals surface area contributed by atoms with Crippen molar-refractivity contribution in [3.05, 3.63) is 41.3 Å². The van der Waals surface area contributed by atoms with Gasteiger partial charge in [-0.1, -0.05) is 30.0 Å². The molecule has 4 rings (SSSR count). The number of hydrogen-bond donors (Lipinski definition) is 2. The van der Waals surface area contributed by atoms with Crippen LogP contribution in [-0.2, 0) is 11.3 Å². The van der Waals surface area contributed by atoms with E-state index in [-0.39, 0.29) is 23.9 Å². The van der Waals surface area contributed by atoms with Crippen LogP contribution in [0.25, 0.3) is 10.9 Å². The number of ketones is 1. The number of amides is 1. The molecule has 0 aliphatic heterocycles. The van der Waals surface area contributed by atoms with Gasteiger partial charge in [0.25, 0.3) is 0 Å². The fourth-order valence-electron chi connectivity index (χ4n) is 3.32. The zero-order valence-corrected chi connectivity index (χ0v) is 15.9. The van der Waals surface area contributed by atoms with Crippen molar-refractivity contribution in [1.29, 1.82) is 0 Å². The van der Waals surface area contributed by atoms with Gasteiger partial charge in [-0.05, 0) is 25.8 Å². The second-order valence-corrected chi connectivity index (χ2v) is 7.81. The number of Topliss-reactive ketones (excluding diaryl/α,β-unsaturated/α-hetero) is 1. The minimum absolute atomic E-state index is 0.0485. The number of benzene rings is 1. The number of carbonyl (C=O) groups is 2. The van der Waals surface area contributed by atoms with Crippen LogP contribution in [0.1, 0.15) is 47.1 Å². The van der Waals surface area contributed by atoms with Gasteiger partial charge in [0.2, 0.25) is 5.91 Å². The highest BCUT2D eigenvalue weighted by atomic mass is 32.2. The standard InChI is InChI=1S/C19H21N5O2S/c1-11-17(13-4-2-3-5-14(13)21-11)15(25)10-27-19-23-22-18(12-6-7-12)24(19)9-8-16(20)26/h2-5,12,21H,6-10H2,1H3,(H2,20,26). The van der Waals surface area contributed by atoms with Crippen molar-refractivity contribution in [2.75, 3.05) is 5.75 Å². The Bertz CT molecular complexity index is 1020. The lowest BCUT2D eigenvalue weighted by Gasteiger charge is -2.08. The summed E-state index contributed by atoms with van der Waals surface area (Å²) in [4.78, 5) is 27.3. The quantitative estimate of drug-likeness (QED) is 0.459. The number of fused-ring (bicyclic) bond motifs is 1. The molecule has 1 saturated carbocycles. The highest BCUT2D eigenvalue weighted by Crippen LogP contribution is 2.40. The van der Waals surface area contributed by atoms with Gasteiger partial charge < -0.3 is 15.3 Å². The molecule has 1 fully saturated rings. The van der Waals surface area contributed by atoms with E-state index in [2.05, 4.69) is 15.2 Å². The highest BCUT2D eigenvalue weighted by molar-refractivity contribution is 7.99. The number of nitrogens with zero attached hydrogens (tertiary/aromatic N) is 3. The minimum Gasteiger partial charge on any atom is -0.370 e. The molecule has 0 radical (unpaired) electrons. The van der Waals surface area contributed by atoms with Gasteiger partial charge in [0.05, 0.1) is 5.75 Å². The molecule has 8 heteroatoms. The molecule has 0 bridgehead atoms. The van der Waals surface area contributed by atoms with Crippen molar-refractivity contribution in [3.63, 3.8) is 0 Å². The third-order valence-corrected chi connectivity index (χ3v) is 5.74. The average molecular weight is 383 g/mol. The van der Waals surface area contributed by atoms with Crippen molar-refractivity contribution in [1.82, 2.24) is 19.7 Å². The summed E-state index contributed by atoms with van der Waals surface area (Å²) in [7, 11) is 0. The van der Waals surface area contributed by atoms with Crippen molar-refractivity contribution in [3.8, 4) is 0 Å². The Morgan fingerprint density at radius 2 is 2.07 bits per heavy atom. The molecule has 1 aromatic carbocycles. The maximum atomic E-state index is 12.9. The zero-order chi connectivity index (χ0) is 19.0. The minimum atomic E-state index is -0.355. The smallest absolute Gasteiger partial charge is 0.219 e. The summed E-state index contributed by atoms with van der Waals surface area (Å²) in [5.74, 6) is 1.27. The van der Waals surface area contributed by atoms with E-state index in [1.807, 2.05) is 35.8 Å². The average Bonchev–Trinajstić information content (AvgIpc) is 3.31. The second kappa shape index (κ2) is 7.19. The fraction of sp³-hybridized carbons (Fsp3) is 0.368. The summed E-state index contributed by atoms with van der Waals surface area (Å²) in [6.07, 6.45) is 2.42. The number of aromatic nitrogens is 4. The van der Waals surface area contributed by atoms with E-state index >= 15 is 0 Å². The van der Waals surface area contributed by atoms with Crippen LogP contribution >= 0.6 is 11.8 Å². The van der Waals surface area contributed by atoms with Gasteiger partial charge in [0, 0.05) is 41.0 Å². The molecule has 27 heavy (non-hydrogen) atoms. The number of thioether (sulfide) groups is 1. The lowest BCUT2D eigenvalue weighted by molar-refractivity contribution is -0.118. The van der Waals surface area contributed by atoms with Crippen molar-refractivity contribution in [2.24, 2.45) is 5.73 Å². The predicted octanol–water partition coefficient (Wildman–Crippen LogP) is 2.80. The van der Waals surface area contributed by atoms with E-state index in [1.54, 1.807) is 0 Å². The maximum absolute atomic E-state index is 12.9. The number of nitrogens with one attached hydrogen (secondary N) is 1. The van der Waals surface area contributed by atoms with E-state index in [1.165, 1.54) is 11.8 Å². The number of nitrogens with two attached hydrogens (primary N) is 1. The molecule has 0 spiro atoms. The van der Waals surface area contributed by atoms with Gasteiger partial charge in [-0.3, -0.25) is 9.59 Å². The number of aryl methyl sites for hydroxylation is 1. The van der Waals surface area contributed by atoms with Crippen LogP contribution in [0.2, 0.25) is 0 Å². The van der Waals surface area contributed by atoms with E-state index < -0.39 is 0 Å². The molecule has 1 aliphatic rings. The number of H-pyrrole nitrogens is 1. The molecule has 2 heterocycles. The first kappa shape index (κ1) is 17.8. The maximum Gasteiger partial charge on any atom is 0.219 e. The molecular weight excluding hydrogens is 362 g/mol. The first-order chi connectivity index (χ1) is 13.0. The number of para-hydroxylation sites is 1. The van der Waals surface area contributed by atoms with Gasteiger partial charge in [-0.25, -0.2) is 0 Å². The fourth-order valence-corrected chi connectivity index (χ4v) is 4.16. The van der Waals surface area contributed by atoms with Crippen LogP contribution in [0.5, 0.6) is 0 Å². The molecule has 2 aromatic heterocycles. The molecule has 0 saturated heterocycles. The predicted molar refractivity (Wildman–Crippen MR) is 104 cm³/mol. The van der Waals surface area contributed by atoms with Crippen LogP contribution in [0.15, 0.2) is 29.4 Å². The van der Waals surface area contributed by atoms with Crippen LogP contribution < -0.4 is 5.73 Å². The molecule has 0 unspecified atom stereocenters. The van der Waals surface area contributed by atoms with Gasteiger partial charge in [0.15, 0.2) is 10.9 Å². The molecule has 1 amide bonds. The van der Waals surface area contributed by atoms with Crippen LogP contribution in [-0.4, -0.2) is 37.2 Å². The Hall–Kier alpha value is -2.61. The molecule has 140 valence electrons. The molecule has 3 N–H and O–H groups in total. The number of carbonyl (C=O) groups excluding carboxylic acids is 2. The number of hydrogen-bond acceptors (Lipinski definition) is 5. The summed E-state index contributed by atoms with van der Waals surface area (Å²) < 4.78 is 1.95. The van der Waals surface area contributed by atoms with E-state index in [0.717, 1.165) is 40.8 Å². The van der Waals surface area contributed by atoms with Crippen molar-refractivity contribution >= 4 is 34.4 Å². The van der Waals surface area contributed by atoms with E-state index in [4.69, 9.17) is 5.73 Å². The van der Waals surface area contributed by atoms with Gasteiger partial charge in [0.1, 0.15) is 5.82 Å². The zero-order valence-electron chi connectivity index (χ0n) is 15.1. The third-order valence-electron chi connectivity index (χ3n) is 4.77. The number of primary amides is 1. The normalized spacial score (nSPS) is 14.0. The Labute approximate surface area is 160 Å². The summed E-state index contributed by atoms with van der Waals surface area (Å²) in [5, 5.41) is 10.2. The van der Waals surface area contributed by atoms with Crippen LogP contribution in [0.3, 0.4) is 0 Å². The lowest BCUT2D eigenvalue weighted by Crippen LogP contribution is -2.16. The van der Waals surface area contributed by atoms with Crippen molar-refractivity contribution < 1.29 is 9.59 Å². The molecule has 3 aromatic rings. The number of rotatable bonds is 8. The largest absolute Gasteiger partial charge is 0.370 e. The topological polar surface area (TPSA) is 107 Å². The van der Waals surface area contributed by atoms with Gasteiger partial charge in [-0.15, -0.1) is 10.2 Å². The van der Waals surface area contributed by atoms with E-state index in [0.29, 0.717) is 17.6 Å². The first-order valence-corrected chi connectivity index (χ1v) is 9.98. The molecule has 1 aliphatic carbocycles. The van der Waals surface area contributed by atoms with E-state index in [9.17, 15) is 9.59 Å². The van der Waals surface area contributed by atoms with Gasteiger partial charge >= 0.3 is 0 Å². The van der Waals surface area contributed by atoms with Gasteiger partial charge in [-0.2, -0.15) is 0 Å². The summed E-state index contributed by atoms with van der Waals surface area (Å²) in [6.45, 7) is 2.37. The summed E-state index contributed by atoms with van der Waals surface area (Å²) >= 11 is 1.36. The molecular formula is C19H21N5O2S. The number of aromatic amines is 1. The Balaban J connectivity index is 1.53. The Kier molecular flexibility index (Phi) is 4.73. The molecule has 0 atom stereocenters.